The lowest BCUT2D eigenvalue weighted by atomic mass is 10.0. The molecule has 0 aliphatic heterocycles. The van der Waals surface area contributed by atoms with E-state index in [-0.39, 0.29) is 5.78 Å². The highest BCUT2D eigenvalue weighted by molar-refractivity contribution is 6.09. The third-order valence-corrected chi connectivity index (χ3v) is 7.02. The van der Waals surface area contributed by atoms with Crippen LogP contribution in [0.3, 0.4) is 0 Å². The van der Waals surface area contributed by atoms with Crippen molar-refractivity contribution in [1.29, 1.82) is 0 Å². The molecule has 0 unspecified atom stereocenters. The molecular weight excluding hydrogens is 548 g/mol. The van der Waals surface area contributed by atoms with E-state index >= 15 is 0 Å². The fourth-order valence-electron chi connectivity index (χ4n) is 4.58. The Balaban J connectivity index is 1.04. The molecule has 6 aromatic rings. The molecule has 5 heteroatoms. The third-order valence-electron chi connectivity index (χ3n) is 7.02. The monoisotopic (exact) mass is 576 g/mol. The van der Waals surface area contributed by atoms with Gasteiger partial charge in [0, 0.05) is 16.7 Å². The quantitative estimate of drug-likeness (QED) is 0.120. The molecule has 0 radical (unpaired) electrons. The van der Waals surface area contributed by atoms with Gasteiger partial charge in [0.15, 0.2) is 5.78 Å². The predicted molar refractivity (Wildman–Crippen MR) is 171 cm³/mol. The molecule has 0 N–H and O–H groups in total. The summed E-state index contributed by atoms with van der Waals surface area (Å²) in [5, 5.41) is 0. The number of rotatable bonds is 10. The van der Waals surface area contributed by atoms with E-state index in [0.29, 0.717) is 39.7 Å². The summed E-state index contributed by atoms with van der Waals surface area (Å²) >= 11 is 0. The van der Waals surface area contributed by atoms with Crippen LogP contribution in [0.2, 0.25) is 0 Å². The first-order valence-electron chi connectivity index (χ1n) is 14.1. The Kier molecular flexibility index (Phi) is 8.28. The fourth-order valence-corrected chi connectivity index (χ4v) is 4.58. The standard InChI is InChI=1S/C39H28O5/c1-27-2-14-33(15-3-27)42-35-18-6-29(7-19-35)30-8-20-36(21-9-30)44-38-24-12-32(13-25-38)39(41)31-10-22-37(23-11-31)43-34-16-4-28(26-40)5-17-34/h2-26H,1H3. The molecule has 0 aliphatic carbocycles. The molecule has 0 heterocycles. The highest BCUT2D eigenvalue weighted by Crippen LogP contribution is 2.29. The summed E-state index contributed by atoms with van der Waals surface area (Å²) in [7, 11) is 0. The molecule has 0 aromatic heterocycles. The minimum absolute atomic E-state index is 0.0990. The average molecular weight is 577 g/mol. The zero-order chi connectivity index (χ0) is 30.3. The summed E-state index contributed by atoms with van der Waals surface area (Å²) in [4.78, 5) is 23.9. The maximum atomic E-state index is 13.0. The summed E-state index contributed by atoms with van der Waals surface area (Å²) in [6, 6.07) is 44.7. The minimum Gasteiger partial charge on any atom is -0.457 e. The summed E-state index contributed by atoms with van der Waals surface area (Å²) in [6.07, 6.45) is 0.783. The highest BCUT2D eigenvalue weighted by Gasteiger charge is 2.10. The Morgan fingerprint density at radius 1 is 0.432 bits per heavy atom. The first-order valence-corrected chi connectivity index (χ1v) is 14.1. The highest BCUT2D eigenvalue weighted by atomic mass is 16.5. The minimum atomic E-state index is -0.0990. The topological polar surface area (TPSA) is 61.8 Å². The van der Waals surface area contributed by atoms with Crippen LogP contribution in [0.25, 0.3) is 11.1 Å². The molecule has 0 saturated carbocycles. The van der Waals surface area contributed by atoms with Crippen molar-refractivity contribution in [3.63, 3.8) is 0 Å². The van der Waals surface area contributed by atoms with Crippen molar-refractivity contribution >= 4 is 12.1 Å². The van der Waals surface area contributed by atoms with Crippen LogP contribution in [-0.2, 0) is 0 Å². The number of ether oxygens (including phenoxy) is 3. The Labute approximate surface area is 255 Å². The number of hydrogen-bond acceptors (Lipinski definition) is 5. The molecule has 44 heavy (non-hydrogen) atoms. The predicted octanol–water partition coefficient (Wildman–Crippen LogP) is 10.1. The van der Waals surface area contributed by atoms with Gasteiger partial charge < -0.3 is 14.2 Å². The van der Waals surface area contributed by atoms with Crippen LogP contribution in [0, 0.1) is 6.92 Å². The van der Waals surface area contributed by atoms with Gasteiger partial charge in [-0.15, -0.1) is 0 Å². The van der Waals surface area contributed by atoms with Gasteiger partial charge in [0.05, 0.1) is 0 Å². The Hall–Kier alpha value is -5.94. The fraction of sp³-hybridized carbons (Fsp3) is 0.0256. The van der Waals surface area contributed by atoms with Crippen molar-refractivity contribution in [2.75, 3.05) is 0 Å². The molecule has 6 rings (SSSR count). The smallest absolute Gasteiger partial charge is 0.193 e. The van der Waals surface area contributed by atoms with Crippen molar-refractivity contribution < 1.29 is 23.8 Å². The van der Waals surface area contributed by atoms with Crippen molar-refractivity contribution in [3.8, 4) is 45.6 Å². The number of hydrogen-bond donors (Lipinski definition) is 0. The van der Waals surface area contributed by atoms with E-state index in [9.17, 15) is 9.59 Å². The second-order valence-electron chi connectivity index (χ2n) is 10.2. The molecule has 0 amide bonds. The summed E-state index contributed by atoms with van der Waals surface area (Å²) in [5.41, 5.74) is 5.01. The lowest BCUT2D eigenvalue weighted by Crippen LogP contribution is -2.01. The van der Waals surface area contributed by atoms with Gasteiger partial charge in [-0.25, -0.2) is 0 Å². The average Bonchev–Trinajstić information content (AvgIpc) is 3.07. The van der Waals surface area contributed by atoms with Crippen LogP contribution < -0.4 is 14.2 Å². The molecule has 5 nitrogen and oxygen atoms in total. The van der Waals surface area contributed by atoms with Crippen LogP contribution in [0.15, 0.2) is 146 Å². The van der Waals surface area contributed by atoms with Crippen molar-refractivity contribution in [2.45, 2.75) is 6.92 Å². The van der Waals surface area contributed by atoms with Crippen molar-refractivity contribution in [3.05, 3.63) is 168 Å². The molecular formula is C39H28O5. The van der Waals surface area contributed by atoms with Gasteiger partial charge in [0.25, 0.3) is 0 Å². The van der Waals surface area contributed by atoms with E-state index in [4.69, 9.17) is 14.2 Å². The Morgan fingerprint density at radius 2 is 0.727 bits per heavy atom. The van der Waals surface area contributed by atoms with E-state index in [2.05, 4.69) is 0 Å². The van der Waals surface area contributed by atoms with Gasteiger partial charge in [-0.3, -0.25) is 9.59 Å². The van der Waals surface area contributed by atoms with E-state index < -0.39 is 0 Å². The summed E-state index contributed by atoms with van der Waals surface area (Å²) in [6.45, 7) is 2.05. The number of aryl methyl sites for hydroxylation is 1. The van der Waals surface area contributed by atoms with Gasteiger partial charge >= 0.3 is 0 Å². The van der Waals surface area contributed by atoms with Gasteiger partial charge in [-0.2, -0.15) is 0 Å². The van der Waals surface area contributed by atoms with Gasteiger partial charge in [-0.1, -0.05) is 42.0 Å². The summed E-state index contributed by atoms with van der Waals surface area (Å²) < 4.78 is 17.8. The molecule has 0 fully saturated rings. The second kappa shape index (κ2) is 12.9. The molecule has 0 bridgehead atoms. The zero-order valence-corrected chi connectivity index (χ0v) is 24.0. The van der Waals surface area contributed by atoms with E-state index in [1.807, 2.05) is 79.7 Å². The zero-order valence-electron chi connectivity index (χ0n) is 24.0. The van der Waals surface area contributed by atoms with Crippen LogP contribution >= 0.6 is 0 Å². The number of ketones is 1. The van der Waals surface area contributed by atoms with Crippen LogP contribution in [0.1, 0.15) is 31.8 Å². The maximum absolute atomic E-state index is 13.0. The molecule has 214 valence electrons. The summed E-state index contributed by atoms with van der Waals surface area (Å²) in [5.74, 6) is 4.03. The van der Waals surface area contributed by atoms with Crippen LogP contribution in [-0.4, -0.2) is 12.1 Å². The van der Waals surface area contributed by atoms with E-state index in [1.54, 1.807) is 72.8 Å². The second-order valence-corrected chi connectivity index (χ2v) is 10.2. The van der Waals surface area contributed by atoms with Crippen molar-refractivity contribution in [2.24, 2.45) is 0 Å². The van der Waals surface area contributed by atoms with Gasteiger partial charge in [0.2, 0.25) is 0 Å². The first kappa shape index (κ1) is 28.2. The Bertz CT molecular complexity index is 1860. The maximum Gasteiger partial charge on any atom is 0.193 e. The first-order chi connectivity index (χ1) is 21.5. The van der Waals surface area contributed by atoms with E-state index in [1.165, 1.54) is 5.56 Å². The SMILES string of the molecule is Cc1ccc(Oc2ccc(-c3ccc(Oc4ccc(C(=O)c5ccc(Oc6ccc(C=O)cc6)cc5)cc4)cc3)cc2)cc1. The molecule has 0 spiro atoms. The van der Waals surface area contributed by atoms with E-state index in [0.717, 1.165) is 28.9 Å². The number of aldehydes is 1. The molecule has 0 saturated heterocycles. The number of benzene rings is 6. The van der Waals surface area contributed by atoms with Crippen molar-refractivity contribution in [1.82, 2.24) is 0 Å². The van der Waals surface area contributed by atoms with Crippen LogP contribution in [0.4, 0.5) is 0 Å². The lowest BCUT2D eigenvalue weighted by Gasteiger charge is -2.10. The molecule has 0 aliphatic rings. The third kappa shape index (κ3) is 6.92. The number of carbonyl (C=O) groups excluding carboxylic acids is 2. The lowest BCUT2D eigenvalue weighted by molar-refractivity contribution is 0.103. The Morgan fingerprint density at radius 3 is 1.07 bits per heavy atom. The van der Waals surface area contributed by atoms with Gasteiger partial charge in [0.1, 0.15) is 40.8 Å². The number of carbonyl (C=O) groups is 2. The largest absolute Gasteiger partial charge is 0.457 e. The molecule has 0 atom stereocenters. The van der Waals surface area contributed by atoms with Gasteiger partial charge in [-0.05, 0) is 127 Å². The normalized spacial score (nSPS) is 10.6. The van der Waals surface area contributed by atoms with Crippen LogP contribution in [0.5, 0.6) is 34.5 Å². The molecule has 6 aromatic carbocycles.